The van der Waals surface area contributed by atoms with E-state index in [9.17, 15) is 0 Å². The van der Waals surface area contributed by atoms with E-state index < -0.39 is 0 Å². The van der Waals surface area contributed by atoms with Crippen molar-refractivity contribution in [2.45, 2.75) is 46.0 Å². The van der Waals surface area contributed by atoms with Crippen molar-refractivity contribution < 1.29 is 0 Å². The Morgan fingerprint density at radius 1 is 1.45 bits per heavy atom. The van der Waals surface area contributed by atoms with Gasteiger partial charge in [-0.05, 0) is 30.7 Å². The molecule has 2 N–H and O–H groups in total. The van der Waals surface area contributed by atoms with Gasteiger partial charge in [0, 0.05) is 0 Å². The van der Waals surface area contributed by atoms with Gasteiger partial charge in [-0.2, -0.15) is 0 Å². The van der Waals surface area contributed by atoms with E-state index in [1.165, 1.54) is 32.1 Å². The summed E-state index contributed by atoms with van der Waals surface area (Å²) in [5.74, 6) is 0.847. The second kappa shape index (κ2) is 3.57. The van der Waals surface area contributed by atoms with Crippen LogP contribution in [0.2, 0.25) is 0 Å². The Morgan fingerprint density at radius 2 is 2.18 bits per heavy atom. The molecule has 0 radical (unpaired) electrons. The van der Waals surface area contributed by atoms with Crippen LogP contribution in [0.1, 0.15) is 46.0 Å². The minimum Gasteiger partial charge on any atom is -0.330 e. The first-order valence-corrected chi connectivity index (χ1v) is 4.93. The molecular formula is C10H21N. The van der Waals surface area contributed by atoms with Gasteiger partial charge in [-0.25, -0.2) is 0 Å². The molecule has 11 heavy (non-hydrogen) atoms. The lowest BCUT2D eigenvalue weighted by atomic mass is 9.98. The highest BCUT2D eigenvalue weighted by Crippen LogP contribution is 2.54. The maximum absolute atomic E-state index is 5.61. The SMILES string of the molecule is CCCCCC1(C)CC1CN. The zero-order valence-electron chi connectivity index (χ0n) is 7.90. The van der Waals surface area contributed by atoms with Gasteiger partial charge in [-0.15, -0.1) is 0 Å². The molecule has 0 bridgehead atoms. The molecule has 1 aliphatic carbocycles. The Bertz CT molecular complexity index is 122. The molecule has 2 unspecified atom stereocenters. The highest BCUT2D eigenvalue weighted by Gasteiger charge is 2.47. The van der Waals surface area contributed by atoms with E-state index in [0.717, 1.165) is 12.5 Å². The van der Waals surface area contributed by atoms with Crippen LogP contribution in [0.25, 0.3) is 0 Å². The van der Waals surface area contributed by atoms with Gasteiger partial charge in [0.05, 0.1) is 0 Å². The summed E-state index contributed by atoms with van der Waals surface area (Å²) in [5.41, 5.74) is 6.26. The molecule has 1 fully saturated rings. The smallest absolute Gasteiger partial charge is 0.00434 e. The van der Waals surface area contributed by atoms with Crippen LogP contribution < -0.4 is 5.73 Å². The Kier molecular flexibility index (Phi) is 2.94. The second-order valence-corrected chi connectivity index (χ2v) is 4.25. The number of unbranched alkanes of at least 4 members (excludes halogenated alkanes) is 2. The minimum absolute atomic E-state index is 0.643. The number of nitrogens with two attached hydrogens (primary N) is 1. The van der Waals surface area contributed by atoms with Crippen LogP contribution in [0.15, 0.2) is 0 Å². The highest BCUT2D eigenvalue weighted by molar-refractivity contribution is 4.98. The van der Waals surface area contributed by atoms with E-state index in [4.69, 9.17) is 5.73 Å². The molecule has 0 spiro atoms. The van der Waals surface area contributed by atoms with E-state index in [1.807, 2.05) is 0 Å². The van der Waals surface area contributed by atoms with Crippen molar-refractivity contribution >= 4 is 0 Å². The predicted molar refractivity (Wildman–Crippen MR) is 49.4 cm³/mol. The van der Waals surface area contributed by atoms with Crippen LogP contribution in [0, 0.1) is 11.3 Å². The van der Waals surface area contributed by atoms with Crippen LogP contribution in [-0.4, -0.2) is 6.54 Å². The summed E-state index contributed by atoms with van der Waals surface area (Å²) in [7, 11) is 0. The Morgan fingerprint density at radius 3 is 2.64 bits per heavy atom. The molecule has 0 heterocycles. The van der Waals surface area contributed by atoms with Gasteiger partial charge in [-0.1, -0.05) is 33.1 Å². The zero-order valence-corrected chi connectivity index (χ0v) is 7.90. The summed E-state index contributed by atoms with van der Waals surface area (Å²) in [6.07, 6.45) is 6.93. The van der Waals surface area contributed by atoms with Gasteiger partial charge < -0.3 is 5.73 Å². The van der Waals surface area contributed by atoms with E-state index in [1.54, 1.807) is 0 Å². The number of hydrogen-bond donors (Lipinski definition) is 1. The summed E-state index contributed by atoms with van der Waals surface area (Å²) in [6, 6.07) is 0. The van der Waals surface area contributed by atoms with Crippen molar-refractivity contribution in [2.75, 3.05) is 6.54 Å². The quantitative estimate of drug-likeness (QED) is 0.607. The molecule has 0 aliphatic heterocycles. The van der Waals surface area contributed by atoms with E-state index in [2.05, 4.69) is 13.8 Å². The molecule has 1 aliphatic rings. The van der Waals surface area contributed by atoms with E-state index in [0.29, 0.717) is 5.41 Å². The lowest BCUT2D eigenvalue weighted by Crippen LogP contribution is -2.08. The van der Waals surface area contributed by atoms with Gasteiger partial charge in [-0.3, -0.25) is 0 Å². The fraction of sp³-hybridized carbons (Fsp3) is 1.00. The fourth-order valence-corrected chi connectivity index (χ4v) is 1.96. The average molecular weight is 155 g/mol. The van der Waals surface area contributed by atoms with Gasteiger partial charge in [0.1, 0.15) is 0 Å². The van der Waals surface area contributed by atoms with Crippen molar-refractivity contribution in [3.63, 3.8) is 0 Å². The topological polar surface area (TPSA) is 26.0 Å². The lowest BCUT2D eigenvalue weighted by molar-refractivity contribution is 0.437. The van der Waals surface area contributed by atoms with Gasteiger partial charge in [0.15, 0.2) is 0 Å². The zero-order chi connectivity index (χ0) is 8.32. The van der Waals surface area contributed by atoms with Gasteiger partial charge >= 0.3 is 0 Å². The van der Waals surface area contributed by atoms with Gasteiger partial charge in [0.25, 0.3) is 0 Å². The lowest BCUT2D eigenvalue weighted by Gasteiger charge is -2.08. The summed E-state index contributed by atoms with van der Waals surface area (Å²) < 4.78 is 0. The first kappa shape index (κ1) is 9.05. The summed E-state index contributed by atoms with van der Waals surface area (Å²) >= 11 is 0. The minimum atomic E-state index is 0.643. The monoisotopic (exact) mass is 155 g/mol. The summed E-state index contributed by atoms with van der Waals surface area (Å²) in [6.45, 7) is 5.55. The molecule has 1 rings (SSSR count). The molecule has 0 aromatic carbocycles. The van der Waals surface area contributed by atoms with Crippen LogP contribution in [0.4, 0.5) is 0 Å². The normalized spacial score (nSPS) is 35.7. The predicted octanol–water partition coefficient (Wildman–Crippen LogP) is 2.55. The van der Waals surface area contributed by atoms with Crippen LogP contribution in [0.5, 0.6) is 0 Å². The number of hydrogen-bond acceptors (Lipinski definition) is 1. The summed E-state index contributed by atoms with van der Waals surface area (Å²) in [4.78, 5) is 0. The molecule has 0 aromatic rings. The van der Waals surface area contributed by atoms with Crippen molar-refractivity contribution in [3.8, 4) is 0 Å². The number of rotatable bonds is 5. The average Bonchev–Trinajstić information content (AvgIpc) is 2.63. The highest BCUT2D eigenvalue weighted by atomic mass is 14.7. The molecule has 0 amide bonds. The maximum Gasteiger partial charge on any atom is -0.00434 e. The Hall–Kier alpha value is -0.0400. The summed E-state index contributed by atoms with van der Waals surface area (Å²) in [5, 5.41) is 0. The second-order valence-electron chi connectivity index (χ2n) is 4.25. The maximum atomic E-state index is 5.61. The van der Waals surface area contributed by atoms with Crippen molar-refractivity contribution in [3.05, 3.63) is 0 Å². The fourth-order valence-electron chi connectivity index (χ4n) is 1.96. The molecule has 1 heteroatoms. The first-order valence-electron chi connectivity index (χ1n) is 4.93. The van der Waals surface area contributed by atoms with E-state index >= 15 is 0 Å². The molecule has 1 nitrogen and oxygen atoms in total. The Labute approximate surface area is 70.4 Å². The van der Waals surface area contributed by atoms with Crippen LogP contribution in [0.3, 0.4) is 0 Å². The van der Waals surface area contributed by atoms with Crippen molar-refractivity contribution in [1.29, 1.82) is 0 Å². The van der Waals surface area contributed by atoms with E-state index in [-0.39, 0.29) is 0 Å². The molecular weight excluding hydrogens is 134 g/mol. The third kappa shape index (κ3) is 2.19. The molecule has 2 atom stereocenters. The largest absolute Gasteiger partial charge is 0.330 e. The molecule has 0 aromatic heterocycles. The first-order chi connectivity index (χ1) is 5.23. The third-order valence-electron chi connectivity index (χ3n) is 3.17. The van der Waals surface area contributed by atoms with Crippen molar-refractivity contribution in [2.24, 2.45) is 17.1 Å². The van der Waals surface area contributed by atoms with Crippen LogP contribution >= 0.6 is 0 Å². The standard InChI is InChI=1S/C10H21N/c1-3-4-5-6-10(2)7-9(10)8-11/h9H,3-8,11H2,1-2H3. The molecule has 0 saturated heterocycles. The van der Waals surface area contributed by atoms with Crippen LogP contribution in [-0.2, 0) is 0 Å². The van der Waals surface area contributed by atoms with Gasteiger partial charge in [0.2, 0.25) is 0 Å². The molecule has 1 saturated carbocycles. The molecule has 66 valence electrons. The Balaban J connectivity index is 2.08. The third-order valence-corrected chi connectivity index (χ3v) is 3.17. The van der Waals surface area contributed by atoms with Crippen molar-refractivity contribution in [1.82, 2.24) is 0 Å².